The molecule has 1 saturated heterocycles. The summed E-state index contributed by atoms with van der Waals surface area (Å²) < 4.78 is 28.5. The molecule has 1 aliphatic heterocycles. The van der Waals surface area contributed by atoms with Crippen LogP contribution in [-0.4, -0.2) is 48.7 Å². The summed E-state index contributed by atoms with van der Waals surface area (Å²) in [6, 6.07) is 1.12. The molecule has 1 aromatic heterocycles. The number of carbonyl (C=O) groups excluding carboxylic acids is 2. The van der Waals surface area contributed by atoms with E-state index >= 15 is 0 Å². The van der Waals surface area contributed by atoms with E-state index in [1.54, 1.807) is 14.0 Å². The van der Waals surface area contributed by atoms with Crippen molar-refractivity contribution in [1.82, 2.24) is 14.2 Å². The number of hydrogen-bond acceptors (Lipinski definition) is 4. The van der Waals surface area contributed by atoms with Crippen LogP contribution in [0.1, 0.15) is 30.3 Å². The highest BCUT2D eigenvalue weighted by molar-refractivity contribution is 7.89. The lowest BCUT2D eigenvalue weighted by Crippen LogP contribution is -2.48. The van der Waals surface area contributed by atoms with Gasteiger partial charge in [-0.15, -0.1) is 0 Å². The third kappa shape index (κ3) is 3.25. The number of amides is 2. The van der Waals surface area contributed by atoms with Gasteiger partial charge in [0.05, 0.1) is 5.92 Å². The number of rotatable bonds is 4. The van der Waals surface area contributed by atoms with Crippen LogP contribution >= 0.6 is 0 Å². The first kappa shape index (κ1) is 17.5. The van der Waals surface area contributed by atoms with Crippen molar-refractivity contribution in [3.63, 3.8) is 0 Å². The van der Waals surface area contributed by atoms with Gasteiger partial charge in [0.1, 0.15) is 10.6 Å². The number of nitrogens with zero attached hydrogens (tertiary/aromatic N) is 2. The van der Waals surface area contributed by atoms with Gasteiger partial charge in [0.15, 0.2) is 0 Å². The van der Waals surface area contributed by atoms with E-state index in [-0.39, 0.29) is 29.1 Å². The van der Waals surface area contributed by atoms with Gasteiger partial charge < -0.3 is 15.6 Å². The molecular formula is C14H22N4O4S. The maximum atomic E-state index is 12.9. The molecule has 0 aliphatic carbocycles. The maximum absolute atomic E-state index is 12.9. The number of primary amides is 1. The molecular weight excluding hydrogens is 320 g/mol. The molecule has 8 nitrogen and oxygen atoms in total. The molecule has 0 bridgehead atoms. The predicted molar refractivity (Wildman–Crippen MR) is 84.1 cm³/mol. The first-order valence-corrected chi connectivity index (χ1v) is 8.82. The molecule has 0 radical (unpaired) electrons. The molecule has 2 rings (SSSR count). The minimum absolute atomic E-state index is 0.0376. The molecule has 0 unspecified atom stereocenters. The first-order valence-electron chi connectivity index (χ1n) is 7.38. The Morgan fingerprint density at radius 2 is 2.00 bits per heavy atom. The van der Waals surface area contributed by atoms with E-state index < -0.39 is 21.8 Å². The van der Waals surface area contributed by atoms with Gasteiger partial charge in [-0.1, -0.05) is 0 Å². The second-order valence-electron chi connectivity index (χ2n) is 5.85. The van der Waals surface area contributed by atoms with Crippen LogP contribution in [0.3, 0.4) is 0 Å². The van der Waals surface area contributed by atoms with Crippen LogP contribution in [0.5, 0.6) is 0 Å². The SMILES string of the molecule is CNC(=O)c1cc(S(=O)(=O)N2C[C@@H](C(N)=O)CC[C@@H]2C)cn1C. The quantitative estimate of drug-likeness (QED) is 0.779. The van der Waals surface area contributed by atoms with E-state index in [1.807, 2.05) is 0 Å². The van der Waals surface area contributed by atoms with Crippen molar-refractivity contribution in [3.05, 3.63) is 18.0 Å². The molecule has 0 spiro atoms. The van der Waals surface area contributed by atoms with Crippen LogP contribution in [0, 0.1) is 5.92 Å². The van der Waals surface area contributed by atoms with E-state index in [0.29, 0.717) is 12.8 Å². The molecule has 9 heteroatoms. The van der Waals surface area contributed by atoms with Crippen LogP contribution < -0.4 is 11.1 Å². The van der Waals surface area contributed by atoms with Crippen molar-refractivity contribution in [2.75, 3.05) is 13.6 Å². The highest BCUT2D eigenvalue weighted by atomic mass is 32.2. The van der Waals surface area contributed by atoms with Crippen LogP contribution in [0.15, 0.2) is 17.2 Å². The highest BCUT2D eigenvalue weighted by Crippen LogP contribution is 2.28. The zero-order chi connectivity index (χ0) is 17.4. The molecule has 1 fully saturated rings. The number of sulfonamides is 1. The lowest BCUT2D eigenvalue weighted by molar-refractivity contribution is -0.123. The first-order chi connectivity index (χ1) is 10.7. The summed E-state index contributed by atoms with van der Waals surface area (Å²) in [7, 11) is -0.710. The average molecular weight is 342 g/mol. The number of hydrogen-bond donors (Lipinski definition) is 2. The maximum Gasteiger partial charge on any atom is 0.267 e. The number of piperidine rings is 1. The van der Waals surface area contributed by atoms with Crippen LogP contribution in [0.25, 0.3) is 0 Å². The average Bonchev–Trinajstić information content (AvgIpc) is 2.89. The van der Waals surface area contributed by atoms with Gasteiger partial charge in [-0.05, 0) is 25.8 Å². The summed E-state index contributed by atoms with van der Waals surface area (Å²) in [5.74, 6) is -1.34. The fourth-order valence-electron chi connectivity index (χ4n) is 2.81. The van der Waals surface area contributed by atoms with E-state index in [1.165, 1.54) is 28.2 Å². The molecule has 0 aromatic carbocycles. The lowest BCUT2D eigenvalue weighted by Gasteiger charge is -2.35. The molecule has 0 saturated carbocycles. The fourth-order valence-corrected chi connectivity index (χ4v) is 4.58. The van der Waals surface area contributed by atoms with Gasteiger partial charge in [0, 0.05) is 32.9 Å². The Balaban J connectivity index is 2.37. The summed E-state index contributed by atoms with van der Waals surface area (Å²) in [5.41, 5.74) is 5.58. The number of carbonyl (C=O) groups is 2. The third-order valence-corrected chi connectivity index (χ3v) is 6.22. The van der Waals surface area contributed by atoms with Crippen molar-refractivity contribution >= 4 is 21.8 Å². The Labute approximate surface area is 135 Å². The molecule has 1 aliphatic rings. The number of aromatic nitrogens is 1. The molecule has 2 atom stereocenters. The number of aryl methyl sites for hydroxylation is 1. The van der Waals surface area contributed by atoms with Gasteiger partial charge in [-0.3, -0.25) is 9.59 Å². The summed E-state index contributed by atoms with van der Waals surface area (Å²) in [5, 5.41) is 2.47. The predicted octanol–water partition coefficient (Wildman–Crippen LogP) is -0.341. The van der Waals surface area contributed by atoms with Crippen LogP contribution in [0.4, 0.5) is 0 Å². The zero-order valence-corrected chi connectivity index (χ0v) is 14.3. The molecule has 23 heavy (non-hydrogen) atoms. The number of nitrogens with two attached hydrogens (primary N) is 1. The van der Waals surface area contributed by atoms with Crippen molar-refractivity contribution in [3.8, 4) is 0 Å². The third-order valence-electron chi connectivity index (χ3n) is 4.27. The van der Waals surface area contributed by atoms with E-state index in [4.69, 9.17) is 5.73 Å². The monoisotopic (exact) mass is 342 g/mol. The smallest absolute Gasteiger partial charge is 0.267 e. The van der Waals surface area contributed by atoms with Crippen molar-refractivity contribution in [2.24, 2.45) is 18.7 Å². The van der Waals surface area contributed by atoms with Gasteiger partial charge >= 0.3 is 0 Å². The Bertz CT molecular complexity index is 725. The van der Waals surface area contributed by atoms with Crippen molar-refractivity contribution in [1.29, 1.82) is 0 Å². The van der Waals surface area contributed by atoms with Gasteiger partial charge in [0.25, 0.3) is 5.91 Å². The molecule has 2 amide bonds. The summed E-state index contributed by atoms with van der Waals surface area (Å²) in [6.07, 6.45) is 2.56. The zero-order valence-electron chi connectivity index (χ0n) is 13.4. The lowest BCUT2D eigenvalue weighted by atomic mass is 9.95. The Hall–Kier alpha value is -1.87. The fraction of sp³-hybridized carbons (Fsp3) is 0.571. The van der Waals surface area contributed by atoms with Crippen molar-refractivity contribution in [2.45, 2.75) is 30.7 Å². The normalized spacial score (nSPS) is 22.7. The number of nitrogens with one attached hydrogen (secondary N) is 1. The van der Waals surface area contributed by atoms with E-state index in [2.05, 4.69) is 5.32 Å². The van der Waals surface area contributed by atoms with Gasteiger partial charge in [-0.2, -0.15) is 4.31 Å². The minimum Gasteiger partial charge on any atom is -0.369 e. The second-order valence-corrected chi connectivity index (χ2v) is 7.74. The highest BCUT2D eigenvalue weighted by Gasteiger charge is 2.37. The van der Waals surface area contributed by atoms with E-state index in [9.17, 15) is 18.0 Å². The van der Waals surface area contributed by atoms with Crippen LogP contribution in [-0.2, 0) is 21.9 Å². The molecule has 128 valence electrons. The van der Waals surface area contributed by atoms with Crippen molar-refractivity contribution < 1.29 is 18.0 Å². The summed E-state index contributed by atoms with van der Waals surface area (Å²) in [6.45, 7) is 1.88. The second kappa shape index (κ2) is 6.32. The Morgan fingerprint density at radius 3 is 2.57 bits per heavy atom. The van der Waals surface area contributed by atoms with Gasteiger partial charge in [-0.25, -0.2) is 8.42 Å². The largest absolute Gasteiger partial charge is 0.369 e. The summed E-state index contributed by atoms with van der Waals surface area (Å²) in [4.78, 5) is 23.2. The summed E-state index contributed by atoms with van der Waals surface area (Å²) >= 11 is 0. The molecule has 2 heterocycles. The van der Waals surface area contributed by atoms with Gasteiger partial charge in [0.2, 0.25) is 15.9 Å². The Kier molecular flexibility index (Phi) is 4.81. The topological polar surface area (TPSA) is 114 Å². The standard InChI is InChI=1S/C14H22N4O4S/c1-9-4-5-10(13(15)19)7-18(9)23(21,22)11-6-12(14(20)16-2)17(3)8-11/h6,8-10H,4-5,7H2,1-3H3,(H2,15,19)(H,16,20)/t9-,10-/m0/s1. The minimum atomic E-state index is -3.80. The van der Waals surface area contributed by atoms with Crippen LogP contribution in [0.2, 0.25) is 0 Å². The molecule has 3 N–H and O–H groups in total. The Morgan fingerprint density at radius 1 is 1.35 bits per heavy atom. The molecule has 1 aromatic rings. The van der Waals surface area contributed by atoms with E-state index in [0.717, 1.165) is 0 Å².